The fourth-order valence-electron chi connectivity index (χ4n) is 8.25. The van der Waals surface area contributed by atoms with E-state index in [9.17, 15) is 28.7 Å². The van der Waals surface area contributed by atoms with Crippen LogP contribution in [-0.2, 0) is 19.2 Å². The van der Waals surface area contributed by atoms with Gasteiger partial charge in [0.05, 0.1) is 46.2 Å². The summed E-state index contributed by atoms with van der Waals surface area (Å²) in [4.78, 5) is 59.3. The molecule has 2 aliphatic carbocycles. The summed E-state index contributed by atoms with van der Waals surface area (Å²) >= 11 is 12.5. The van der Waals surface area contributed by atoms with E-state index in [0.717, 1.165) is 16.5 Å². The second kappa shape index (κ2) is 11.2. The van der Waals surface area contributed by atoms with E-state index in [1.165, 1.54) is 17.0 Å². The quantitative estimate of drug-likeness (QED) is 0.231. The number of benzene rings is 3. The van der Waals surface area contributed by atoms with E-state index in [1.807, 2.05) is 13.0 Å². The maximum atomic E-state index is 14.6. The second-order valence-electron chi connectivity index (χ2n) is 12.8. The zero-order chi connectivity index (χ0) is 33.5. The number of fused-ring (bicyclic) bond motifs is 4. The van der Waals surface area contributed by atoms with E-state index < -0.39 is 58.5 Å². The van der Waals surface area contributed by atoms with Crippen LogP contribution in [0.5, 0.6) is 11.5 Å². The first-order valence-corrected chi connectivity index (χ1v) is 16.3. The number of rotatable bonds is 5. The Morgan fingerprint density at radius 3 is 2.34 bits per heavy atom. The Balaban J connectivity index is 1.38. The Morgan fingerprint density at radius 1 is 0.936 bits per heavy atom. The smallest absolute Gasteiger partial charge is 0.241 e. The van der Waals surface area contributed by atoms with E-state index in [2.05, 4.69) is 0 Å². The molecule has 3 fully saturated rings. The molecule has 242 valence electrons. The number of nitrogens with zero attached hydrogens (tertiary/aromatic N) is 2. The summed E-state index contributed by atoms with van der Waals surface area (Å²) in [7, 11) is 0. The first-order valence-electron chi connectivity index (χ1n) is 15.5. The summed E-state index contributed by atoms with van der Waals surface area (Å²) in [5.41, 5.74) is 0.965. The molecule has 4 aliphatic rings. The van der Waals surface area contributed by atoms with E-state index >= 15 is 0 Å². The molecule has 0 bridgehead atoms. The van der Waals surface area contributed by atoms with Gasteiger partial charge < -0.3 is 9.84 Å². The highest BCUT2D eigenvalue weighted by Gasteiger charge is 2.68. The SMILES string of the molecule is CCOc1cccc(C2C3=CCC4C(=O)N(c5ccc(C)c(Cl)c5)C(=O)C4C3CC3C(=O)N(c4ccc(F)c(Cl)c4)C(=O)C32C)c1O. The van der Waals surface area contributed by atoms with Gasteiger partial charge in [-0.25, -0.2) is 14.2 Å². The zero-order valence-electron chi connectivity index (χ0n) is 25.8. The lowest BCUT2D eigenvalue weighted by Gasteiger charge is -2.49. The summed E-state index contributed by atoms with van der Waals surface area (Å²) in [6.07, 6.45) is 2.25. The Hall–Kier alpha value is -4.21. The third-order valence-corrected chi connectivity index (χ3v) is 11.2. The number of phenols is 1. The lowest BCUT2D eigenvalue weighted by atomic mass is 9.51. The fraction of sp³-hybridized carbons (Fsp3) is 0.333. The number of hydrogen-bond donors (Lipinski definition) is 1. The van der Waals surface area contributed by atoms with Crippen molar-refractivity contribution in [1.82, 2.24) is 0 Å². The van der Waals surface area contributed by atoms with Crippen LogP contribution in [0.15, 0.2) is 66.2 Å². The number of allylic oxidation sites excluding steroid dienone is 2. The molecule has 0 spiro atoms. The van der Waals surface area contributed by atoms with Gasteiger partial charge in [-0.3, -0.25) is 19.2 Å². The monoisotopic (exact) mass is 676 g/mol. The van der Waals surface area contributed by atoms with E-state index in [4.69, 9.17) is 27.9 Å². The molecule has 3 aromatic rings. The summed E-state index contributed by atoms with van der Waals surface area (Å²) < 4.78 is 19.8. The first-order chi connectivity index (χ1) is 22.4. The number of amides is 4. The van der Waals surface area contributed by atoms with Crippen LogP contribution < -0.4 is 14.5 Å². The number of ether oxygens (including phenoxy) is 1. The minimum atomic E-state index is -1.41. The summed E-state index contributed by atoms with van der Waals surface area (Å²) in [6.45, 7) is 5.59. The average molecular weight is 678 g/mol. The number of imide groups is 2. The molecule has 2 aliphatic heterocycles. The highest BCUT2D eigenvalue weighted by molar-refractivity contribution is 6.32. The van der Waals surface area contributed by atoms with Gasteiger partial charge >= 0.3 is 0 Å². The Morgan fingerprint density at radius 2 is 1.64 bits per heavy atom. The summed E-state index contributed by atoms with van der Waals surface area (Å²) in [5, 5.41) is 11.7. The van der Waals surface area contributed by atoms with Gasteiger partial charge in [0, 0.05) is 16.5 Å². The van der Waals surface area contributed by atoms with E-state index in [1.54, 1.807) is 50.2 Å². The summed E-state index contributed by atoms with van der Waals surface area (Å²) in [5.74, 6) is -6.32. The van der Waals surface area contributed by atoms with Crippen molar-refractivity contribution < 1.29 is 33.4 Å². The molecule has 4 amide bonds. The Kier molecular flexibility index (Phi) is 7.48. The van der Waals surface area contributed by atoms with Crippen molar-refractivity contribution in [3.8, 4) is 11.5 Å². The predicted molar refractivity (Wildman–Crippen MR) is 174 cm³/mol. The molecule has 2 heterocycles. The molecule has 1 N–H and O–H groups in total. The highest BCUT2D eigenvalue weighted by Crippen LogP contribution is 2.65. The molecule has 11 heteroatoms. The third kappa shape index (κ3) is 4.46. The molecule has 8 nitrogen and oxygen atoms in total. The average Bonchev–Trinajstić information content (AvgIpc) is 3.41. The molecule has 47 heavy (non-hydrogen) atoms. The maximum absolute atomic E-state index is 14.6. The van der Waals surface area contributed by atoms with Crippen molar-refractivity contribution in [3.63, 3.8) is 0 Å². The number of carbonyl (C=O) groups is 4. The number of aromatic hydroxyl groups is 1. The topological polar surface area (TPSA) is 104 Å². The van der Waals surface area contributed by atoms with Crippen LogP contribution in [0, 0.1) is 41.8 Å². The number of phenolic OH excluding ortho intramolecular Hbond substituents is 1. The van der Waals surface area contributed by atoms with Crippen molar-refractivity contribution in [1.29, 1.82) is 0 Å². The number of anilines is 2. The van der Waals surface area contributed by atoms with Crippen LogP contribution in [-0.4, -0.2) is 35.3 Å². The van der Waals surface area contributed by atoms with Crippen LogP contribution in [0.1, 0.15) is 43.7 Å². The number of aryl methyl sites for hydroxylation is 1. The zero-order valence-corrected chi connectivity index (χ0v) is 27.3. The molecular formula is C36H31Cl2FN2O6. The standard InChI is InChI=1S/C36H31Cl2FN2O6/c1-4-47-28-7-5-6-22(31(28)42)30-20-11-12-21-29(34(45)40(32(21)43)18-9-8-17(2)25(37)14-18)23(20)16-24-33(44)41(35(46)36(24,30)3)19-10-13-27(39)26(38)15-19/h5-11,13-15,21,23-24,29-30,42H,4,12,16H2,1-3H3. The largest absolute Gasteiger partial charge is 0.504 e. The van der Waals surface area contributed by atoms with Gasteiger partial charge in [0.1, 0.15) is 5.82 Å². The van der Waals surface area contributed by atoms with Crippen molar-refractivity contribution in [2.45, 2.75) is 39.5 Å². The lowest BCUT2D eigenvalue weighted by Crippen LogP contribution is -2.48. The van der Waals surface area contributed by atoms with Crippen molar-refractivity contribution in [2.75, 3.05) is 16.4 Å². The van der Waals surface area contributed by atoms with Gasteiger partial charge in [-0.15, -0.1) is 0 Å². The van der Waals surface area contributed by atoms with Gasteiger partial charge in [0.25, 0.3) is 0 Å². The van der Waals surface area contributed by atoms with Crippen molar-refractivity contribution >= 4 is 58.2 Å². The van der Waals surface area contributed by atoms with Gasteiger partial charge in [0.2, 0.25) is 23.6 Å². The molecule has 0 radical (unpaired) electrons. The first kappa shape index (κ1) is 31.4. The fourth-order valence-corrected chi connectivity index (χ4v) is 8.60. The molecule has 3 aromatic carbocycles. The molecule has 6 unspecified atom stereocenters. The molecule has 0 aromatic heterocycles. The number of para-hydroxylation sites is 1. The van der Waals surface area contributed by atoms with Gasteiger partial charge in [-0.05, 0) is 81.5 Å². The van der Waals surface area contributed by atoms with E-state index in [0.29, 0.717) is 21.8 Å². The van der Waals surface area contributed by atoms with E-state index in [-0.39, 0.29) is 47.6 Å². The predicted octanol–water partition coefficient (Wildman–Crippen LogP) is 6.98. The van der Waals surface area contributed by atoms with Gasteiger partial charge in [-0.1, -0.05) is 53.1 Å². The Bertz CT molecular complexity index is 1930. The third-order valence-electron chi connectivity index (χ3n) is 10.5. The van der Waals surface area contributed by atoms with Gasteiger partial charge in [-0.2, -0.15) is 0 Å². The number of halogens is 3. The number of hydrogen-bond acceptors (Lipinski definition) is 6. The van der Waals surface area contributed by atoms with Crippen LogP contribution >= 0.6 is 23.2 Å². The van der Waals surface area contributed by atoms with Crippen LogP contribution in [0.25, 0.3) is 0 Å². The van der Waals surface area contributed by atoms with Crippen LogP contribution in [0.2, 0.25) is 10.0 Å². The second-order valence-corrected chi connectivity index (χ2v) is 13.6. The van der Waals surface area contributed by atoms with Crippen LogP contribution in [0.4, 0.5) is 15.8 Å². The maximum Gasteiger partial charge on any atom is 0.241 e. The molecule has 6 atom stereocenters. The molecular weight excluding hydrogens is 646 g/mol. The minimum absolute atomic E-state index is 0.115. The minimum Gasteiger partial charge on any atom is -0.504 e. The van der Waals surface area contributed by atoms with Gasteiger partial charge in [0.15, 0.2) is 11.5 Å². The van der Waals surface area contributed by atoms with Crippen LogP contribution in [0.3, 0.4) is 0 Å². The van der Waals surface area contributed by atoms with Crippen molar-refractivity contribution in [2.24, 2.45) is 29.1 Å². The molecule has 7 rings (SSSR count). The summed E-state index contributed by atoms with van der Waals surface area (Å²) in [6, 6.07) is 13.7. The number of carbonyl (C=O) groups excluding carboxylic acids is 4. The normalized spacial score (nSPS) is 28.3. The Labute approximate surface area is 280 Å². The highest BCUT2D eigenvalue weighted by atomic mass is 35.5. The lowest BCUT2D eigenvalue weighted by molar-refractivity contribution is -0.131. The molecule has 1 saturated carbocycles. The molecule has 2 saturated heterocycles. The van der Waals surface area contributed by atoms with Crippen molar-refractivity contribution in [3.05, 3.63) is 93.2 Å².